The summed E-state index contributed by atoms with van der Waals surface area (Å²) in [6, 6.07) is 16.3. The monoisotopic (exact) mass is 342 g/mol. The Morgan fingerprint density at radius 2 is 1.88 bits per heavy atom. The predicted molar refractivity (Wildman–Crippen MR) is 95.2 cm³/mol. The maximum atomic E-state index is 12.6. The van der Waals surface area contributed by atoms with Crippen LogP contribution in [-0.2, 0) is 4.79 Å². The fourth-order valence-electron chi connectivity index (χ4n) is 2.95. The first kappa shape index (κ1) is 16.5. The van der Waals surface area contributed by atoms with Gasteiger partial charge in [-0.05, 0) is 43.2 Å². The number of anilines is 1. The van der Waals surface area contributed by atoms with Gasteiger partial charge in [-0.1, -0.05) is 35.9 Å². The molecule has 1 N–H and O–H groups in total. The molecule has 1 aliphatic heterocycles. The van der Waals surface area contributed by atoms with E-state index in [0.29, 0.717) is 23.7 Å². The molecule has 1 heterocycles. The van der Waals surface area contributed by atoms with Gasteiger partial charge in [-0.2, -0.15) is 0 Å². The predicted octanol–water partition coefficient (Wildman–Crippen LogP) is 3.83. The number of para-hydroxylation sites is 1. The minimum Gasteiger partial charge on any atom is -0.338 e. The van der Waals surface area contributed by atoms with E-state index in [-0.39, 0.29) is 17.7 Å². The number of nitrogens with one attached hydrogen (secondary N) is 1. The van der Waals surface area contributed by atoms with Gasteiger partial charge < -0.3 is 10.2 Å². The zero-order chi connectivity index (χ0) is 16.9. The lowest BCUT2D eigenvalue weighted by Gasteiger charge is -2.32. The minimum atomic E-state index is -0.193. The zero-order valence-electron chi connectivity index (χ0n) is 13.2. The van der Waals surface area contributed by atoms with Gasteiger partial charge in [0, 0.05) is 29.4 Å². The van der Waals surface area contributed by atoms with Crippen LogP contribution < -0.4 is 5.32 Å². The number of halogens is 1. The van der Waals surface area contributed by atoms with Crippen molar-refractivity contribution >= 4 is 29.1 Å². The van der Waals surface area contributed by atoms with Crippen LogP contribution in [0.5, 0.6) is 0 Å². The Kier molecular flexibility index (Phi) is 5.16. The molecule has 0 aromatic heterocycles. The molecular weight excluding hydrogens is 324 g/mol. The Morgan fingerprint density at radius 1 is 1.08 bits per heavy atom. The highest BCUT2D eigenvalue weighted by molar-refractivity contribution is 6.30. The Bertz CT molecular complexity index is 733. The van der Waals surface area contributed by atoms with Crippen LogP contribution in [0, 0.1) is 5.92 Å². The van der Waals surface area contributed by atoms with Crippen LogP contribution in [0.2, 0.25) is 5.02 Å². The summed E-state index contributed by atoms with van der Waals surface area (Å²) in [6.45, 7) is 1.10. The summed E-state index contributed by atoms with van der Waals surface area (Å²) in [5.74, 6) is -0.304. The lowest BCUT2D eigenvalue weighted by molar-refractivity contribution is -0.121. The van der Waals surface area contributed by atoms with Crippen LogP contribution in [0.3, 0.4) is 0 Å². The molecule has 0 saturated carbocycles. The van der Waals surface area contributed by atoms with Gasteiger partial charge in [-0.15, -0.1) is 0 Å². The van der Waals surface area contributed by atoms with Gasteiger partial charge in [0.05, 0.1) is 5.92 Å². The smallest absolute Gasteiger partial charge is 0.253 e. The second-order valence-corrected chi connectivity index (χ2v) is 6.39. The average Bonchev–Trinajstić information content (AvgIpc) is 2.62. The number of likely N-dealkylation sites (tertiary alicyclic amines) is 1. The number of nitrogens with zero attached hydrogens (tertiary/aromatic N) is 1. The summed E-state index contributed by atoms with van der Waals surface area (Å²) < 4.78 is 0. The molecule has 1 fully saturated rings. The highest BCUT2D eigenvalue weighted by Crippen LogP contribution is 2.21. The van der Waals surface area contributed by atoms with E-state index in [1.54, 1.807) is 29.2 Å². The molecule has 0 bridgehead atoms. The van der Waals surface area contributed by atoms with Crippen molar-refractivity contribution in [2.24, 2.45) is 5.92 Å². The molecule has 1 atom stereocenters. The van der Waals surface area contributed by atoms with Gasteiger partial charge in [-0.3, -0.25) is 9.59 Å². The first-order valence-electron chi connectivity index (χ1n) is 8.04. The molecule has 3 rings (SSSR count). The molecular formula is C19H19ClN2O2. The van der Waals surface area contributed by atoms with Gasteiger partial charge >= 0.3 is 0 Å². The van der Waals surface area contributed by atoms with Crippen molar-refractivity contribution in [3.05, 3.63) is 65.2 Å². The summed E-state index contributed by atoms with van der Waals surface area (Å²) in [7, 11) is 0. The number of carbonyl (C=O) groups excluding carboxylic acids is 2. The van der Waals surface area contributed by atoms with Gasteiger partial charge in [-0.25, -0.2) is 0 Å². The molecule has 1 aliphatic rings. The van der Waals surface area contributed by atoms with Crippen LogP contribution in [0.25, 0.3) is 0 Å². The van der Waals surface area contributed by atoms with Crippen LogP contribution in [0.1, 0.15) is 23.2 Å². The molecule has 0 aliphatic carbocycles. The molecule has 0 radical (unpaired) electrons. The highest BCUT2D eigenvalue weighted by Gasteiger charge is 2.29. The molecule has 1 saturated heterocycles. The van der Waals surface area contributed by atoms with Gasteiger partial charge in [0.2, 0.25) is 5.91 Å². The van der Waals surface area contributed by atoms with E-state index in [4.69, 9.17) is 11.6 Å². The Balaban J connectivity index is 1.65. The minimum absolute atomic E-state index is 0.0372. The number of hydrogen-bond donors (Lipinski definition) is 1. The van der Waals surface area contributed by atoms with Crippen LogP contribution >= 0.6 is 11.6 Å². The Hall–Kier alpha value is -2.33. The summed E-state index contributed by atoms with van der Waals surface area (Å²) >= 11 is 5.96. The third kappa shape index (κ3) is 3.95. The number of piperidine rings is 1. The Morgan fingerprint density at radius 3 is 2.62 bits per heavy atom. The van der Waals surface area contributed by atoms with Crippen molar-refractivity contribution in [1.82, 2.24) is 4.90 Å². The van der Waals surface area contributed by atoms with Crippen molar-refractivity contribution in [3.63, 3.8) is 0 Å². The maximum absolute atomic E-state index is 12.6. The highest BCUT2D eigenvalue weighted by atomic mass is 35.5. The second-order valence-electron chi connectivity index (χ2n) is 5.96. The zero-order valence-corrected chi connectivity index (χ0v) is 14.0. The largest absolute Gasteiger partial charge is 0.338 e. The van der Waals surface area contributed by atoms with Crippen LogP contribution in [0.15, 0.2) is 54.6 Å². The molecule has 1 unspecified atom stereocenters. The van der Waals surface area contributed by atoms with Crippen LogP contribution in [0.4, 0.5) is 5.69 Å². The molecule has 2 amide bonds. The summed E-state index contributed by atoms with van der Waals surface area (Å²) in [5.41, 5.74) is 1.34. The average molecular weight is 343 g/mol. The second kappa shape index (κ2) is 7.49. The molecule has 5 heteroatoms. The summed E-state index contributed by atoms with van der Waals surface area (Å²) in [5, 5.41) is 3.46. The Labute approximate surface area is 146 Å². The molecule has 2 aromatic carbocycles. The van der Waals surface area contributed by atoms with Gasteiger partial charge in [0.15, 0.2) is 0 Å². The molecule has 0 spiro atoms. The van der Waals surface area contributed by atoms with E-state index in [0.717, 1.165) is 18.5 Å². The fraction of sp³-hybridized carbons (Fsp3) is 0.263. The molecule has 4 nitrogen and oxygen atoms in total. The van der Waals surface area contributed by atoms with Crippen molar-refractivity contribution in [1.29, 1.82) is 0 Å². The standard InChI is InChI=1S/C19H19ClN2O2/c20-16-8-4-6-14(12-16)19(24)22-11-5-7-15(13-22)18(23)21-17-9-2-1-3-10-17/h1-4,6,8-10,12,15H,5,7,11,13H2,(H,21,23). The van der Waals surface area contributed by atoms with E-state index >= 15 is 0 Å². The van der Waals surface area contributed by atoms with Gasteiger partial charge in [0.25, 0.3) is 5.91 Å². The SMILES string of the molecule is O=C(Nc1ccccc1)C1CCCN(C(=O)c2cccc(Cl)c2)C1. The maximum Gasteiger partial charge on any atom is 0.253 e. The molecule has 2 aromatic rings. The number of carbonyl (C=O) groups is 2. The third-order valence-electron chi connectivity index (χ3n) is 4.19. The van der Waals surface area contributed by atoms with Crippen LogP contribution in [-0.4, -0.2) is 29.8 Å². The number of benzene rings is 2. The molecule has 24 heavy (non-hydrogen) atoms. The van der Waals surface area contributed by atoms with E-state index in [1.807, 2.05) is 30.3 Å². The van der Waals surface area contributed by atoms with Gasteiger partial charge in [0.1, 0.15) is 0 Å². The number of rotatable bonds is 3. The first-order chi connectivity index (χ1) is 11.6. The lowest BCUT2D eigenvalue weighted by Crippen LogP contribution is -2.43. The topological polar surface area (TPSA) is 49.4 Å². The van der Waals surface area contributed by atoms with E-state index in [2.05, 4.69) is 5.32 Å². The number of amides is 2. The van der Waals surface area contributed by atoms with E-state index in [9.17, 15) is 9.59 Å². The van der Waals surface area contributed by atoms with Crippen molar-refractivity contribution < 1.29 is 9.59 Å². The lowest BCUT2D eigenvalue weighted by atomic mass is 9.96. The fourth-order valence-corrected chi connectivity index (χ4v) is 3.14. The van der Waals surface area contributed by atoms with Crippen molar-refractivity contribution in [3.8, 4) is 0 Å². The third-order valence-corrected chi connectivity index (χ3v) is 4.43. The summed E-state index contributed by atoms with van der Waals surface area (Å²) in [6.07, 6.45) is 1.61. The van der Waals surface area contributed by atoms with E-state index < -0.39 is 0 Å². The molecule has 124 valence electrons. The normalized spacial score (nSPS) is 17.4. The van der Waals surface area contributed by atoms with Crippen molar-refractivity contribution in [2.45, 2.75) is 12.8 Å². The van der Waals surface area contributed by atoms with Crippen molar-refractivity contribution in [2.75, 3.05) is 18.4 Å². The summed E-state index contributed by atoms with van der Waals surface area (Å²) in [4.78, 5) is 26.8. The first-order valence-corrected chi connectivity index (χ1v) is 8.42. The quantitative estimate of drug-likeness (QED) is 0.921. The van der Waals surface area contributed by atoms with E-state index in [1.165, 1.54) is 0 Å². The number of hydrogen-bond acceptors (Lipinski definition) is 2.